The minimum atomic E-state index is 0.565. The molecular weight excluding hydrogens is 755 g/mol. The molecule has 3 aromatic heterocycles. The van der Waals surface area contributed by atoms with Gasteiger partial charge in [-0.15, -0.1) is 0 Å². The van der Waals surface area contributed by atoms with Gasteiger partial charge in [-0.25, -0.2) is 4.98 Å². The van der Waals surface area contributed by atoms with E-state index in [9.17, 15) is 0 Å². The maximum atomic E-state index is 5.32. The minimum Gasteiger partial charge on any atom is -0.309 e. The molecule has 0 unspecified atom stereocenters. The van der Waals surface area contributed by atoms with E-state index < -0.39 is 0 Å². The third-order valence-electron chi connectivity index (χ3n) is 12.0. The van der Waals surface area contributed by atoms with Gasteiger partial charge in [0.25, 0.3) is 0 Å². The topological polar surface area (TPSA) is 48.5 Å². The number of rotatable bonds is 7. The van der Waals surface area contributed by atoms with Gasteiger partial charge in [-0.1, -0.05) is 176 Å². The zero-order valence-electron chi connectivity index (χ0n) is 33.6. The summed E-state index contributed by atoms with van der Waals surface area (Å²) >= 11 is 0. The molecular formula is C57H37N5. The van der Waals surface area contributed by atoms with Gasteiger partial charge in [0.15, 0.2) is 11.6 Å². The van der Waals surface area contributed by atoms with Gasteiger partial charge in [0, 0.05) is 38.4 Å². The van der Waals surface area contributed by atoms with E-state index >= 15 is 0 Å². The maximum absolute atomic E-state index is 5.32. The third kappa shape index (κ3) is 6.06. The molecule has 0 spiro atoms. The molecule has 5 nitrogen and oxygen atoms in total. The zero-order chi connectivity index (χ0) is 41.0. The molecule has 0 atom stereocenters. The fourth-order valence-electron chi connectivity index (χ4n) is 9.01. The second-order valence-corrected chi connectivity index (χ2v) is 15.7. The van der Waals surface area contributed by atoms with E-state index in [4.69, 9.17) is 15.0 Å². The molecule has 12 aromatic rings. The summed E-state index contributed by atoms with van der Waals surface area (Å²) in [4.78, 5) is 15.8. The first kappa shape index (κ1) is 35.5. The Kier molecular flexibility index (Phi) is 8.42. The van der Waals surface area contributed by atoms with Crippen LogP contribution in [0.4, 0.5) is 0 Å². The summed E-state index contributed by atoms with van der Waals surface area (Å²) in [5, 5.41) is 4.73. The molecule has 290 valence electrons. The van der Waals surface area contributed by atoms with Crippen LogP contribution in [-0.4, -0.2) is 24.1 Å². The van der Waals surface area contributed by atoms with Crippen molar-refractivity contribution in [2.45, 2.75) is 0 Å². The maximum Gasteiger partial charge on any atom is 0.238 e. The third-order valence-corrected chi connectivity index (χ3v) is 12.0. The number of hydrogen-bond donors (Lipinski definition) is 0. The zero-order valence-corrected chi connectivity index (χ0v) is 33.6. The lowest BCUT2D eigenvalue weighted by Gasteiger charge is -2.12. The molecule has 0 N–H and O–H groups in total. The Labute approximate surface area is 358 Å². The lowest BCUT2D eigenvalue weighted by Crippen LogP contribution is -2.06. The summed E-state index contributed by atoms with van der Waals surface area (Å²) in [6.45, 7) is 0. The molecule has 62 heavy (non-hydrogen) atoms. The molecule has 0 saturated heterocycles. The molecule has 3 heterocycles. The van der Waals surface area contributed by atoms with Crippen molar-refractivity contribution < 1.29 is 0 Å². The molecule has 0 radical (unpaired) electrons. The van der Waals surface area contributed by atoms with E-state index in [1.807, 2.05) is 6.07 Å². The van der Waals surface area contributed by atoms with Crippen LogP contribution in [0.15, 0.2) is 224 Å². The highest BCUT2D eigenvalue weighted by Gasteiger charge is 2.19. The second-order valence-electron chi connectivity index (χ2n) is 15.7. The fourth-order valence-corrected chi connectivity index (χ4v) is 9.01. The number of fused-ring (bicyclic) bond motifs is 6. The lowest BCUT2D eigenvalue weighted by atomic mass is 10.0. The van der Waals surface area contributed by atoms with Crippen molar-refractivity contribution in [3.8, 4) is 67.8 Å². The first-order valence-electron chi connectivity index (χ1n) is 20.9. The van der Waals surface area contributed by atoms with Gasteiger partial charge in [0.1, 0.15) is 0 Å². The summed E-state index contributed by atoms with van der Waals surface area (Å²) in [5.74, 6) is 1.77. The van der Waals surface area contributed by atoms with Gasteiger partial charge in [0.05, 0.1) is 22.1 Å². The van der Waals surface area contributed by atoms with E-state index in [-0.39, 0.29) is 0 Å². The average molecular weight is 792 g/mol. The number of benzene rings is 9. The summed E-state index contributed by atoms with van der Waals surface area (Å²) in [7, 11) is 0. The average Bonchev–Trinajstić information content (AvgIpc) is 3.87. The lowest BCUT2D eigenvalue weighted by molar-refractivity contribution is 0.953. The molecule has 5 heteroatoms. The van der Waals surface area contributed by atoms with Crippen molar-refractivity contribution in [3.63, 3.8) is 0 Å². The summed E-state index contributed by atoms with van der Waals surface area (Å²) in [5.41, 5.74) is 14.2. The minimum absolute atomic E-state index is 0.565. The van der Waals surface area contributed by atoms with Crippen molar-refractivity contribution >= 4 is 43.6 Å². The van der Waals surface area contributed by atoms with Crippen molar-refractivity contribution in [2.75, 3.05) is 0 Å². The van der Waals surface area contributed by atoms with Crippen LogP contribution in [0.5, 0.6) is 0 Å². The van der Waals surface area contributed by atoms with Crippen LogP contribution in [0.25, 0.3) is 111 Å². The Morgan fingerprint density at radius 1 is 0.242 bits per heavy atom. The molecule has 0 saturated carbocycles. The number of nitrogens with zero attached hydrogens (tertiary/aromatic N) is 5. The molecule has 0 amide bonds. The SMILES string of the molecule is c1ccc(-c2ccc(-c3nc(-c4cccc(-c5ccc6c7ccccc7n(-c7ccccc7)c6c5)c4)nc(-n4c5ccccc5c5cc(-c6ccccc6)ccc54)n3)cc2)cc1. The van der Waals surface area contributed by atoms with E-state index in [0.29, 0.717) is 17.6 Å². The number of hydrogen-bond acceptors (Lipinski definition) is 3. The van der Waals surface area contributed by atoms with Crippen LogP contribution >= 0.6 is 0 Å². The summed E-state index contributed by atoms with van der Waals surface area (Å²) < 4.78 is 4.55. The van der Waals surface area contributed by atoms with Crippen LogP contribution in [-0.2, 0) is 0 Å². The summed E-state index contributed by atoms with van der Waals surface area (Å²) in [6.07, 6.45) is 0. The monoisotopic (exact) mass is 791 g/mol. The Morgan fingerprint density at radius 2 is 0.694 bits per heavy atom. The highest BCUT2D eigenvalue weighted by Crippen LogP contribution is 2.38. The van der Waals surface area contributed by atoms with Crippen LogP contribution in [0.1, 0.15) is 0 Å². The smallest absolute Gasteiger partial charge is 0.238 e. The molecule has 0 aliphatic carbocycles. The first-order valence-corrected chi connectivity index (χ1v) is 20.9. The highest BCUT2D eigenvalue weighted by molar-refractivity contribution is 6.11. The number of aromatic nitrogens is 5. The van der Waals surface area contributed by atoms with Gasteiger partial charge in [-0.3, -0.25) is 4.57 Å². The van der Waals surface area contributed by atoms with Gasteiger partial charge in [0.2, 0.25) is 5.95 Å². The van der Waals surface area contributed by atoms with Crippen molar-refractivity contribution in [2.24, 2.45) is 0 Å². The molecule has 9 aromatic carbocycles. The normalized spacial score (nSPS) is 11.5. The van der Waals surface area contributed by atoms with Crippen LogP contribution < -0.4 is 0 Å². The second kappa shape index (κ2) is 14.7. The summed E-state index contributed by atoms with van der Waals surface area (Å²) in [6, 6.07) is 79.3. The van der Waals surface area contributed by atoms with Crippen molar-refractivity contribution in [1.82, 2.24) is 24.1 Å². The fraction of sp³-hybridized carbons (Fsp3) is 0. The Balaban J connectivity index is 1.03. The van der Waals surface area contributed by atoms with Crippen LogP contribution in [0.2, 0.25) is 0 Å². The predicted molar refractivity (Wildman–Crippen MR) is 256 cm³/mol. The Morgan fingerprint density at radius 3 is 1.42 bits per heavy atom. The largest absolute Gasteiger partial charge is 0.309 e. The molecule has 0 fully saturated rings. The van der Waals surface area contributed by atoms with Crippen LogP contribution in [0.3, 0.4) is 0 Å². The van der Waals surface area contributed by atoms with Crippen LogP contribution in [0, 0.1) is 0 Å². The van der Waals surface area contributed by atoms with Crippen molar-refractivity contribution in [3.05, 3.63) is 224 Å². The van der Waals surface area contributed by atoms with E-state index in [1.165, 1.54) is 21.9 Å². The van der Waals surface area contributed by atoms with Gasteiger partial charge < -0.3 is 4.57 Å². The van der Waals surface area contributed by atoms with E-state index in [0.717, 1.165) is 72.0 Å². The van der Waals surface area contributed by atoms with Gasteiger partial charge in [-0.2, -0.15) is 9.97 Å². The predicted octanol–water partition coefficient (Wildman–Crippen LogP) is 14.4. The standard InChI is InChI=1S/C57H37N5/c1-4-15-38(16-5-1)40-27-29-41(30-28-40)55-58-56(60-57(59-55)62-52-26-13-11-24-48(52)50-36-43(32-34-53(50)62)39-17-6-2-7-18-39)45-20-14-19-42(35-45)44-31-33-49-47-23-10-12-25-51(47)61(54(49)37-44)46-21-8-3-9-22-46/h1-37H. The van der Waals surface area contributed by atoms with Gasteiger partial charge in [-0.05, 0) is 81.9 Å². The number of para-hydroxylation sites is 3. The molecule has 0 bridgehead atoms. The Hall–Kier alpha value is -8.41. The quantitative estimate of drug-likeness (QED) is 0.162. The van der Waals surface area contributed by atoms with E-state index in [2.05, 4.69) is 228 Å². The Bertz CT molecular complexity index is 3610. The molecule has 0 aliphatic rings. The first-order chi connectivity index (χ1) is 30.7. The van der Waals surface area contributed by atoms with Gasteiger partial charge >= 0.3 is 0 Å². The highest BCUT2D eigenvalue weighted by atomic mass is 15.2. The van der Waals surface area contributed by atoms with E-state index in [1.54, 1.807) is 0 Å². The van der Waals surface area contributed by atoms with Crippen molar-refractivity contribution in [1.29, 1.82) is 0 Å². The molecule has 0 aliphatic heterocycles. The molecule has 12 rings (SSSR count).